The van der Waals surface area contributed by atoms with Gasteiger partial charge in [0.1, 0.15) is 23.9 Å². The predicted octanol–water partition coefficient (Wildman–Crippen LogP) is -0.142. The molecule has 0 bridgehead atoms. The van der Waals surface area contributed by atoms with Crippen LogP contribution in [0.25, 0.3) is 0 Å². The van der Waals surface area contributed by atoms with Gasteiger partial charge in [-0.25, -0.2) is 0 Å². The van der Waals surface area contributed by atoms with Gasteiger partial charge in [-0.05, 0) is 29.7 Å². The number of methoxy groups -OCH3 is 1. The Labute approximate surface area is 203 Å². The molecule has 2 aromatic carbocycles. The second-order valence-corrected chi connectivity index (χ2v) is 7.10. The van der Waals surface area contributed by atoms with E-state index >= 15 is 0 Å². The molecular weight excluding hydrogens is 409 g/mol. The van der Waals surface area contributed by atoms with Gasteiger partial charge in [-0.3, -0.25) is 19.7 Å². The van der Waals surface area contributed by atoms with Gasteiger partial charge in [-0.2, -0.15) is 0 Å². The van der Waals surface area contributed by atoms with E-state index in [1.165, 1.54) is 0 Å². The maximum absolute atomic E-state index is 12.7. The van der Waals surface area contributed by atoms with Crippen molar-refractivity contribution >= 4 is 47.3 Å². The molecule has 0 aliphatic carbocycles. The first kappa shape index (κ1) is 24.9. The number of aliphatic carboxylic acids is 1. The second kappa shape index (κ2) is 11.9. The third-order valence-electron chi connectivity index (χ3n) is 4.92. The average Bonchev–Trinajstić information content (AvgIpc) is 3.56. The molecule has 2 aromatic rings. The number of carbonyl (C=O) groups excluding carboxylic acids is 2. The molecule has 1 saturated heterocycles. The zero-order valence-corrected chi connectivity index (χ0v) is 16.6. The number of hydrogen-bond donors (Lipinski definition) is 4. The summed E-state index contributed by atoms with van der Waals surface area (Å²) in [6.07, 6.45) is 0.943. The van der Waals surface area contributed by atoms with Crippen molar-refractivity contribution in [3.63, 3.8) is 0 Å². The summed E-state index contributed by atoms with van der Waals surface area (Å²) >= 11 is 0. The molecule has 1 aliphatic heterocycles. The maximum atomic E-state index is 12.7. The molecule has 0 radical (unpaired) electrons. The van der Waals surface area contributed by atoms with Crippen molar-refractivity contribution in [2.24, 2.45) is 0 Å². The number of rotatable bonds is 10. The van der Waals surface area contributed by atoms with Gasteiger partial charge in [-0.1, -0.05) is 42.5 Å². The van der Waals surface area contributed by atoms with Crippen LogP contribution in [0.15, 0.2) is 54.6 Å². The standard InChI is InChI=1S/C22H25N3O5.Na.H/c1-30-16-9-7-14(8-10-16)11-12-23-20(26)17(13-15-5-3-2-4-6-15)24-21(27)18-19(25-18)22(28)29;;/h2-10,17-19,25H,11-13H2,1H3,(H,23,26)(H,24,27)(H,28,29);;/t17-,18-,19-;;/m0../s1. The van der Waals surface area contributed by atoms with Crippen LogP contribution in [-0.2, 0) is 27.2 Å². The zero-order chi connectivity index (χ0) is 21.5. The normalized spacial score (nSPS) is 17.6. The fourth-order valence-corrected chi connectivity index (χ4v) is 3.14. The van der Waals surface area contributed by atoms with Crippen LogP contribution in [0, 0.1) is 0 Å². The Morgan fingerprint density at radius 3 is 2.29 bits per heavy atom. The number of benzene rings is 2. The van der Waals surface area contributed by atoms with E-state index in [0.29, 0.717) is 19.4 Å². The monoisotopic (exact) mass is 435 g/mol. The molecule has 160 valence electrons. The summed E-state index contributed by atoms with van der Waals surface area (Å²) in [5, 5.41) is 17.1. The first-order chi connectivity index (χ1) is 14.5. The first-order valence-electron chi connectivity index (χ1n) is 9.71. The fraction of sp³-hybridized carbons (Fsp3) is 0.318. The van der Waals surface area contributed by atoms with E-state index in [1.54, 1.807) is 7.11 Å². The van der Waals surface area contributed by atoms with E-state index in [0.717, 1.165) is 16.9 Å². The molecule has 3 atom stereocenters. The van der Waals surface area contributed by atoms with E-state index in [2.05, 4.69) is 16.0 Å². The molecule has 0 unspecified atom stereocenters. The van der Waals surface area contributed by atoms with Crippen molar-refractivity contribution in [1.82, 2.24) is 16.0 Å². The van der Waals surface area contributed by atoms with E-state index in [9.17, 15) is 14.4 Å². The number of hydrogen-bond acceptors (Lipinski definition) is 5. The number of carboxylic acids is 1. The van der Waals surface area contributed by atoms with Crippen molar-refractivity contribution in [2.75, 3.05) is 13.7 Å². The molecule has 1 aliphatic rings. The molecule has 1 fully saturated rings. The van der Waals surface area contributed by atoms with Gasteiger partial charge in [0.15, 0.2) is 0 Å². The third kappa shape index (κ3) is 7.36. The molecular formula is C22H26N3NaO5. The Morgan fingerprint density at radius 2 is 1.71 bits per heavy atom. The second-order valence-electron chi connectivity index (χ2n) is 7.10. The number of amides is 2. The van der Waals surface area contributed by atoms with Crippen molar-refractivity contribution in [1.29, 1.82) is 0 Å². The van der Waals surface area contributed by atoms with Gasteiger partial charge < -0.3 is 20.5 Å². The third-order valence-corrected chi connectivity index (χ3v) is 4.92. The Morgan fingerprint density at radius 1 is 1.03 bits per heavy atom. The molecule has 0 spiro atoms. The van der Waals surface area contributed by atoms with Crippen LogP contribution in [0.4, 0.5) is 0 Å². The Balaban J connectivity index is 0.00000341. The summed E-state index contributed by atoms with van der Waals surface area (Å²) in [7, 11) is 1.60. The van der Waals surface area contributed by atoms with Crippen LogP contribution < -0.4 is 20.7 Å². The average molecular weight is 435 g/mol. The topological polar surface area (TPSA) is 127 Å². The van der Waals surface area contributed by atoms with Crippen LogP contribution in [0.2, 0.25) is 0 Å². The minimum atomic E-state index is -1.08. The van der Waals surface area contributed by atoms with Crippen LogP contribution in [0.5, 0.6) is 5.75 Å². The molecule has 3 rings (SSSR count). The molecule has 0 saturated carbocycles. The number of nitrogens with one attached hydrogen (secondary N) is 3. The van der Waals surface area contributed by atoms with Gasteiger partial charge >= 0.3 is 35.5 Å². The summed E-state index contributed by atoms with van der Waals surface area (Å²) in [5.74, 6) is -1.12. The number of carbonyl (C=O) groups is 3. The van der Waals surface area contributed by atoms with Crippen molar-refractivity contribution < 1.29 is 24.2 Å². The van der Waals surface area contributed by atoms with E-state index < -0.39 is 30.0 Å². The SMILES string of the molecule is COc1ccc(CCNC(=O)[C@H](Cc2ccccc2)NC(=O)[C@H]2N[C@@H]2C(=O)O)cc1.[NaH]. The van der Waals surface area contributed by atoms with Crippen molar-refractivity contribution in [3.8, 4) is 5.75 Å². The summed E-state index contributed by atoms with van der Waals surface area (Å²) in [4.78, 5) is 36.1. The molecule has 31 heavy (non-hydrogen) atoms. The van der Waals surface area contributed by atoms with E-state index in [-0.39, 0.29) is 35.5 Å². The predicted molar refractivity (Wildman–Crippen MR) is 117 cm³/mol. The Bertz CT molecular complexity index is 892. The molecule has 1 heterocycles. The van der Waals surface area contributed by atoms with Gasteiger partial charge in [-0.15, -0.1) is 0 Å². The van der Waals surface area contributed by atoms with Gasteiger partial charge in [0.25, 0.3) is 0 Å². The van der Waals surface area contributed by atoms with Crippen LogP contribution >= 0.6 is 0 Å². The molecule has 9 heteroatoms. The first-order valence-corrected chi connectivity index (χ1v) is 9.71. The molecule has 8 nitrogen and oxygen atoms in total. The van der Waals surface area contributed by atoms with Crippen LogP contribution in [0.1, 0.15) is 11.1 Å². The number of ether oxygens (including phenoxy) is 1. The summed E-state index contributed by atoms with van der Waals surface area (Å²) in [5.41, 5.74) is 1.94. The van der Waals surface area contributed by atoms with Crippen molar-refractivity contribution in [3.05, 3.63) is 65.7 Å². The fourth-order valence-electron chi connectivity index (χ4n) is 3.14. The Kier molecular flexibility index (Phi) is 9.51. The van der Waals surface area contributed by atoms with Gasteiger partial charge in [0.05, 0.1) is 7.11 Å². The van der Waals surface area contributed by atoms with E-state index in [4.69, 9.17) is 9.84 Å². The summed E-state index contributed by atoms with van der Waals surface area (Å²) < 4.78 is 5.13. The summed E-state index contributed by atoms with van der Waals surface area (Å²) in [6.45, 7) is 0.408. The quantitative estimate of drug-likeness (QED) is 0.304. The zero-order valence-electron chi connectivity index (χ0n) is 16.6. The molecule has 4 N–H and O–H groups in total. The van der Waals surface area contributed by atoms with Crippen LogP contribution in [-0.4, -0.2) is 84.2 Å². The molecule has 0 aromatic heterocycles. The minimum absolute atomic E-state index is 0. The van der Waals surface area contributed by atoms with E-state index in [1.807, 2.05) is 54.6 Å². The summed E-state index contributed by atoms with van der Waals surface area (Å²) in [6, 6.07) is 14.4. The van der Waals surface area contributed by atoms with Crippen LogP contribution in [0.3, 0.4) is 0 Å². The van der Waals surface area contributed by atoms with Gasteiger partial charge in [0.2, 0.25) is 11.8 Å². The molecule has 2 amide bonds. The number of carboxylic acid groups (broad SMARTS) is 1. The Hall–Kier alpha value is -2.39. The van der Waals surface area contributed by atoms with Gasteiger partial charge in [0, 0.05) is 13.0 Å². The van der Waals surface area contributed by atoms with Crippen molar-refractivity contribution in [2.45, 2.75) is 31.0 Å².